The lowest BCUT2D eigenvalue weighted by Gasteiger charge is -2.36. The number of rotatable bonds is 1. The highest BCUT2D eigenvalue weighted by Gasteiger charge is 2.36. The fourth-order valence-corrected chi connectivity index (χ4v) is 2.61. The smallest absolute Gasteiger partial charge is 0.411 e. The summed E-state index contributed by atoms with van der Waals surface area (Å²) in [5, 5.41) is 2.79. The fraction of sp³-hybridized carbons (Fsp3) is 0.467. The summed E-state index contributed by atoms with van der Waals surface area (Å²) in [5.41, 5.74) is 0.166. The molecule has 1 fully saturated rings. The molecule has 1 aliphatic heterocycles. The summed E-state index contributed by atoms with van der Waals surface area (Å²) in [4.78, 5) is 26.0. The summed E-state index contributed by atoms with van der Waals surface area (Å²) < 4.78 is 6.27. The highest BCUT2D eigenvalue weighted by Crippen LogP contribution is 2.27. The highest BCUT2D eigenvalue weighted by atomic mass is 79.9. The normalized spacial score (nSPS) is 19.1. The minimum absolute atomic E-state index is 0.190. The zero-order valence-electron chi connectivity index (χ0n) is 12.4. The molecule has 1 heterocycles. The van der Waals surface area contributed by atoms with Gasteiger partial charge in [0, 0.05) is 17.6 Å². The Balaban J connectivity index is 2.29. The maximum absolute atomic E-state index is 12.3. The molecule has 1 atom stereocenters. The lowest BCUT2D eigenvalue weighted by molar-refractivity contribution is -0.129. The van der Waals surface area contributed by atoms with Crippen LogP contribution in [-0.2, 0) is 9.53 Å². The van der Waals surface area contributed by atoms with Gasteiger partial charge >= 0.3 is 6.09 Å². The van der Waals surface area contributed by atoms with Crippen LogP contribution in [0.2, 0.25) is 0 Å². The first-order chi connectivity index (χ1) is 9.78. The van der Waals surface area contributed by atoms with Crippen LogP contribution < -0.4 is 5.32 Å². The van der Waals surface area contributed by atoms with Gasteiger partial charge in [0.2, 0.25) is 5.91 Å². The average molecular weight is 355 g/mol. The van der Waals surface area contributed by atoms with Gasteiger partial charge in [0.1, 0.15) is 11.6 Å². The molecule has 1 aromatic rings. The minimum atomic E-state index is -0.661. The summed E-state index contributed by atoms with van der Waals surface area (Å²) >= 11 is 3.39. The van der Waals surface area contributed by atoms with Gasteiger partial charge in [-0.2, -0.15) is 0 Å². The van der Waals surface area contributed by atoms with Crippen LogP contribution in [0.1, 0.15) is 32.4 Å². The third-order valence-corrected chi connectivity index (χ3v) is 3.50. The molecule has 1 N–H and O–H groups in total. The van der Waals surface area contributed by atoms with Crippen molar-refractivity contribution in [1.82, 2.24) is 10.2 Å². The molecule has 114 valence electrons. The van der Waals surface area contributed by atoms with E-state index in [1.165, 1.54) is 4.90 Å². The number of piperazine rings is 1. The van der Waals surface area contributed by atoms with Crippen LogP contribution in [0.3, 0.4) is 0 Å². The van der Waals surface area contributed by atoms with Crippen LogP contribution in [0.4, 0.5) is 4.79 Å². The van der Waals surface area contributed by atoms with E-state index in [0.29, 0.717) is 13.1 Å². The Labute approximate surface area is 132 Å². The van der Waals surface area contributed by atoms with Crippen LogP contribution in [-0.4, -0.2) is 35.6 Å². The van der Waals surface area contributed by atoms with Gasteiger partial charge in [-0.25, -0.2) is 4.79 Å². The summed E-state index contributed by atoms with van der Waals surface area (Å²) in [5.74, 6) is -0.190. The average Bonchev–Trinajstić information content (AvgIpc) is 2.36. The largest absolute Gasteiger partial charge is 0.444 e. The molecule has 21 heavy (non-hydrogen) atoms. The minimum Gasteiger partial charge on any atom is -0.444 e. The van der Waals surface area contributed by atoms with E-state index < -0.39 is 17.7 Å². The summed E-state index contributed by atoms with van der Waals surface area (Å²) in [7, 11) is 0. The van der Waals surface area contributed by atoms with Gasteiger partial charge in [-0.1, -0.05) is 28.1 Å². The van der Waals surface area contributed by atoms with Crippen molar-refractivity contribution in [2.24, 2.45) is 0 Å². The maximum Gasteiger partial charge on any atom is 0.411 e. The van der Waals surface area contributed by atoms with Gasteiger partial charge in [-0.05, 0) is 38.5 Å². The lowest BCUT2D eigenvalue weighted by Crippen LogP contribution is -2.53. The van der Waals surface area contributed by atoms with E-state index in [1.54, 1.807) is 0 Å². The zero-order chi connectivity index (χ0) is 15.6. The van der Waals surface area contributed by atoms with Gasteiger partial charge < -0.3 is 10.1 Å². The van der Waals surface area contributed by atoms with Crippen molar-refractivity contribution >= 4 is 27.9 Å². The van der Waals surface area contributed by atoms with Crippen LogP contribution in [0.25, 0.3) is 0 Å². The van der Waals surface area contributed by atoms with Crippen molar-refractivity contribution in [3.8, 4) is 0 Å². The van der Waals surface area contributed by atoms with Gasteiger partial charge in [0.25, 0.3) is 0 Å². The molecular formula is C15H19BrN2O3. The molecule has 2 amide bonds. The van der Waals surface area contributed by atoms with E-state index in [-0.39, 0.29) is 5.91 Å². The second-order valence-corrected chi connectivity index (χ2v) is 6.84. The summed E-state index contributed by atoms with van der Waals surface area (Å²) in [6, 6.07) is 6.73. The Morgan fingerprint density at radius 3 is 2.76 bits per heavy atom. The topological polar surface area (TPSA) is 58.6 Å². The van der Waals surface area contributed by atoms with Gasteiger partial charge in [-0.3, -0.25) is 9.69 Å². The van der Waals surface area contributed by atoms with E-state index in [0.717, 1.165) is 10.0 Å². The third kappa shape index (κ3) is 3.97. The Kier molecular flexibility index (Phi) is 4.56. The van der Waals surface area contributed by atoms with Crippen molar-refractivity contribution in [1.29, 1.82) is 0 Å². The Hall–Kier alpha value is -1.56. The number of ether oxygens (including phenoxy) is 1. The SMILES string of the molecule is CC(C)(C)OC(=O)N1CCNC(=O)[C@@H]1c1cccc(Br)c1. The Morgan fingerprint density at radius 2 is 2.14 bits per heavy atom. The number of carbonyl (C=O) groups excluding carboxylic acids is 2. The Morgan fingerprint density at radius 1 is 1.43 bits per heavy atom. The van der Waals surface area contributed by atoms with Crippen LogP contribution in [0.15, 0.2) is 28.7 Å². The van der Waals surface area contributed by atoms with E-state index in [9.17, 15) is 9.59 Å². The number of benzene rings is 1. The quantitative estimate of drug-likeness (QED) is 0.843. The van der Waals surface area contributed by atoms with Crippen LogP contribution >= 0.6 is 15.9 Å². The molecule has 6 heteroatoms. The number of carbonyl (C=O) groups is 2. The number of nitrogens with one attached hydrogen (secondary N) is 1. The summed E-state index contributed by atoms with van der Waals surface area (Å²) in [6.07, 6.45) is -0.470. The molecular weight excluding hydrogens is 336 g/mol. The molecule has 1 aliphatic rings. The van der Waals surface area contributed by atoms with Crippen molar-refractivity contribution in [3.63, 3.8) is 0 Å². The number of hydrogen-bond acceptors (Lipinski definition) is 3. The third-order valence-electron chi connectivity index (χ3n) is 3.00. The van der Waals surface area contributed by atoms with Gasteiger partial charge in [-0.15, -0.1) is 0 Å². The molecule has 0 unspecified atom stereocenters. The van der Waals surface area contributed by atoms with Crippen molar-refractivity contribution in [3.05, 3.63) is 34.3 Å². The van der Waals surface area contributed by atoms with E-state index >= 15 is 0 Å². The second-order valence-electron chi connectivity index (χ2n) is 5.92. The predicted octanol–water partition coefficient (Wildman–Crippen LogP) is 2.86. The van der Waals surface area contributed by atoms with Gasteiger partial charge in [0.15, 0.2) is 0 Å². The monoisotopic (exact) mass is 354 g/mol. The molecule has 0 aliphatic carbocycles. The van der Waals surface area contributed by atoms with Crippen LogP contribution in [0.5, 0.6) is 0 Å². The van der Waals surface area contributed by atoms with E-state index in [2.05, 4.69) is 21.2 Å². The lowest BCUT2D eigenvalue weighted by atomic mass is 10.0. The number of amides is 2. The first kappa shape index (κ1) is 15.8. The maximum atomic E-state index is 12.3. The number of hydrogen-bond donors (Lipinski definition) is 1. The standard InChI is InChI=1S/C15H19BrN2O3/c1-15(2,3)21-14(20)18-8-7-17-13(19)12(18)10-5-4-6-11(16)9-10/h4-6,9,12H,7-8H2,1-3H3,(H,17,19)/t12-/m0/s1. The van der Waals surface area contributed by atoms with E-state index in [1.807, 2.05) is 45.0 Å². The second kappa shape index (κ2) is 6.05. The van der Waals surface area contributed by atoms with Crippen LogP contribution in [0, 0.1) is 0 Å². The molecule has 1 aromatic carbocycles. The van der Waals surface area contributed by atoms with Crippen molar-refractivity contribution < 1.29 is 14.3 Å². The van der Waals surface area contributed by atoms with Crippen molar-refractivity contribution in [2.75, 3.05) is 13.1 Å². The van der Waals surface area contributed by atoms with Crippen molar-refractivity contribution in [2.45, 2.75) is 32.4 Å². The summed E-state index contributed by atoms with van der Waals surface area (Å²) in [6.45, 7) is 6.29. The number of nitrogens with zero attached hydrogens (tertiary/aromatic N) is 1. The van der Waals surface area contributed by atoms with E-state index in [4.69, 9.17) is 4.74 Å². The molecule has 0 aromatic heterocycles. The highest BCUT2D eigenvalue weighted by molar-refractivity contribution is 9.10. The molecule has 0 saturated carbocycles. The molecule has 0 spiro atoms. The molecule has 1 saturated heterocycles. The molecule has 0 radical (unpaired) electrons. The predicted molar refractivity (Wildman–Crippen MR) is 82.8 cm³/mol. The Bertz CT molecular complexity index is 554. The molecule has 2 rings (SSSR count). The zero-order valence-corrected chi connectivity index (χ0v) is 13.9. The molecule has 0 bridgehead atoms. The van der Waals surface area contributed by atoms with Gasteiger partial charge in [0.05, 0.1) is 0 Å². The fourth-order valence-electron chi connectivity index (χ4n) is 2.19. The first-order valence-electron chi connectivity index (χ1n) is 6.81. The molecule has 5 nitrogen and oxygen atoms in total. The number of halogens is 1. The first-order valence-corrected chi connectivity index (χ1v) is 7.60.